The molecule has 2 N–H and O–H groups in total. The third-order valence-corrected chi connectivity index (χ3v) is 5.66. The van der Waals surface area contributed by atoms with E-state index in [1.807, 2.05) is 24.3 Å². The Morgan fingerprint density at radius 3 is 2.86 bits per heavy atom. The molecule has 0 spiro atoms. The van der Waals surface area contributed by atoms with Crippen LogP contribution in [-0.4, -0.2) is 39.2 Å². The van der Waals surface area contributed by atoms with Crippen LogP contribution in [0, 0.1) is 0 Å². The van der Waals surface area contributed by atoms with Crippen molar-refractivity contribution in [2.45, 2.75) is 12.1 Å². The molecule has 2 aromatic carbocycles. The Morgan fingerprint density at radius 2 is 2.04 bits per heavy atom. The Labute approximate surface area is 168 Å². The van der Waals surface area contributed by atoms with Gasteiger partial charge in [-0.05, 0) is 37.3 Å². The van der Waals surface area contributed by atoms with E-state index >= 15 is 0 Å². The summed E-state index contributed by atoms with van der Waals surface area (Å²) < 4.78 is 5.82. The molecule has 9 heteroatoms. The van der Waals surface area contributed by atoms with Crippen molar-refractivity contribution < 1.29 is 14.3 Å². The number of benzene rings is 2. The van der Waals surface area contributed by atoms with Crippen LogP contribution in [-0.2, 0) is 9.53 Å². The third-order valence-electron chi connectivity index (χ3n) is 3.85. The number of thiazole rings is 1. The summed E-state index contributed by atoms with van der Waals surface area (Å²) >= 11 is 2.65. The number of anilines is 1. The second kappa shape index (κ2) is 7.99. The van der Waals surface area contributed by atoms with E-state index in [4.69, 9.17) is 4.74 Å². The maximum Gasteiger partial charge on any atom is 0.338 e. The number of hydrogen-bond donors (Lipinski definition) is 2. The number of carbonyl (C=O) groups excluding carboxylic acids is 2. The molecule has 4 aromatic rings. The fraction of sp³-hybridized carbons (Fsp3) is 0.158. The number of esters is 1. The van der Waals surface area contributed by atoms with Crippen molar-refractivity contribution in [3.63, 3.8) is 0 Å². The zero-order valence-electron chi connectivity index (χ0n) is 14.9. The molecule has 0 aliphatic rings. The predicted molar refractivity (Wildman–Crippen MR) is 111 cm³/mol. The SMILES string of the molecule is CCOC(=O)c1ccc2nc(NC(=O)CSc3nc4ccccc4[nH]3)sc2c1. The van der Waals surface area contributed by atoms with Crippen molar-refractivity contribution in [1.82, 2.24) is 15.0 Å². The van der Waals surface area contributed by atoms with Crippen LogP contribution < -0.4 is 5.32 Å². The molecule has 0 saturated carbocycles. The summed E-state index contributed by atoms with van der Waals surface area (Å²) in [6.07, 6.45) is 0. The Balaban J connectivity index is 1.40. The lowest BCUT2D eigenvalue weighted by Gasteiger charge is -2.00. The minimum absolute atomic E-state index is 0.171. The highest BCUT2D eigenvalue weighted by molar-refractivity contribution is 7.99. The van der Waals surface area contributed by atoms with Gasteiger partial charge in [0.1, 0.15) is 0 Å². The van der Waals surface area contributed by atoms with Crippen molar-refractivity contribution in [3.05, 3.63) is 48.0 Å². The first kappa shape index (κ1) is 18.5. The number of nitrogens with zero attached hydrogens (tertiary/aromatic N) is 2. The maximum atomic E-state index is 12.3. The number of hydrogen-bond acceptors (Lipinski definition) is 7. The van der Waals surface area contributed by atoms with E-state index in [1.165, 1.54) is 23.1 Å². The topological polar surface area (TPSA) is 97.0 Å². The molecule has 0 saturated heterocycles. The predicted octanol–water partition coefficient (Wildman–Crippen LogP) is 4.08. The lowest BCUT2D eigenvalue weighted by Crippen LogP contribution is -2.13. The molecule has 1 amide bonds. The van der Waals surface area contributed by atoms with Crippen LogP contribution >= 0.6 is 23.1 Å². The van der Waals surface area contributed by atoms with Gasteiger partial charge in [0.2, 0.25) is 5.91 Å². The number of ether oxygens (including phenoxy) is 1. The van der Waals surface area contributed by atoms with Crippen molar-refractivity contribution in [1.29, 1.82) is 0 Å². The maximum absolute atomic E-state index is 12.3. The molecule has 0 aliphatic carbocycles. The molecule has 0 atom stereocenters. The molecule has 0 aliphatic heterocycles. The number of imidazole rings is 1. The largest absolute Gasteiger partial charge is 0.462 e. The number of H-pyrrole nitrogens is 1. The number of amides is 1. The first-order valence-electron chi connectivity index (χ1n) is 8.57. The molecule has 0 unspecified atom stereocenters. The summed E-state index contributed by atoms with van der Waals surface area (Å²) in [5.41, 5.74) is 3.00. The van der Waals surface area contributed by atoms with E-state index in [0.29, 0.717) is 22.5 Å². The molecule has 4 rings (SSSR count). The molecular weight excluding hydrogens is 396 g/mol. The minimum atomic E-state index is -0.370. The van der Waals surface area contributed by atoms with Crippen LogP contribution in [0.5, 0.6) is 0 Å². The van der Waals surface area contributed by atoms with E-state index in [0.717, 1.165) is 21.3 Å². The van der Waals surface area contributed by atoms with Crippen LogP contribution in [0.2, 0.25) is 0 Å². The van der Waals surface area contributed by atoms with Gasteiger partial charge in [-0.1, -0.05) is 35.2 Å². The number of fused-ring (bicyclic) bond motifs is 2. The van der Waals surface area contributed by atoms with Gasteiger partial charge in [-0.3, -0.25) is 4.79 Å². The zero-order chi connectivity index (χ0) is 19.5. The highest BCUT2D eigenvalue weighted by Gasteiger charge is 2.13. The van der Waals surface area contributed by atoms with E-state index in [-0.39, 0.29) is 17.6 Å². The van der Waals surface area contributed by atoms with E-state index in [1.54, 1.807) is 25.1 Å². The molecule has 7 nitrogen and oxygen atoms in total. The summed E-state index contributed by atoms with van der Waals surface area (Å²) in [5, 5.41) is 3.99. The van der Waals surface area contributed by atoms with Gasteiger partial charge in [-0.2, -0.15) is 0 Å². The van der Waals surface area contributed by atoms with Crippen molar-refractivity contribution in [2.24, 2.45) is 0 Å². The normalized spacial score (nSPS) is 11.0. The Hall–Kier alpha value is -2.91. The van der Waals surface area contributed by atoms with Gasteiger partial charge >= 0.3 is 5.97 Å². The van der Waals surface area contributed by atoms with Crippen LogP contribution in [0.15, 0.2) is 47.6 Å². The van der Waals surface area contributed by atoms with E-state index < -0.39 is 0 Å². The Bertz CT molecular complexity index is 1140. The number of aromatic nitrogens is 3. The molecule has 142 valence electrons. The summed E-state index contributed by atoms with van der Waals surface area (Å²) in [6.45, 7) is 2.09. The Kier molecular flexibility index (Phi) is 5.27. The fourth-order valence-electron chi connectivity index (χ4n) is 2.61. The fourth-order valence-corrected chi connectivity index (χ4v) is 4.21. The average Bonchev–Trinajstić information content (AvgIpc) is 3.28. The summed E-state index contributed by atoms with van der Waals surface area (Å²) in [7, 11) is 0. The Morgan fingerprint density at radius 1 is 1.18 bits per heavy atom. The molecule has 28 heavy (non-hydrogen) atoms. The molecule has 0 bridgehead atoms. The lowest BCUT2D eigenvalue weighted by molar-refractivity contribution is -0.113. The summed E-state index contributed by atoms with van der Waals surface area (Å²) in [5.74, 6) is -0.329. The van der Waals surface area contributed by atoms with Crippen molar-refractivity contribution in [3.8, 4) is 0 Å². The number of carbonyl (C=O) groups is 2. The van der Waals surface area contributed by atoms with Gasteiger partial charge in [0.15, 0.2) is 10.3 Å². The van der Waals surface area contributed by atoms with Gasteiger partial charge in [-0.15, -0.1) is 0 Å². The molecular formula is C19H16N4O3S2. The number of nitrogens with one attached hydrogen (secondary N) is 2. The van der Waals surface area contributed by atoms with Crippen LogP contribution in [0.25, 0.3) is 21.3 Å². The number of para-hydroxylation sites is 2. The average molecular weight is 412 g/mol. The highest BCUT2D eigenvalue weighted by Crippen LogP contribution is 2.27. The van der Waals surface area contributed by atoms with E-state index in [9.17, 15) is 9.59 Å². The van der Waals surface area contributed by atoms with Gasteiger partial charge in [-0.25, -0.2) is 14.8 Å². The van der Waals surface area contributed by atoms with Gasteiger partial charge in [0, 0.05) is 0 Å². The van der Waals surface area contributed by atoms with Gasteiger partial charge in [0.05, 0.1) is 39.2 Å². The first-order chi connectivity index (χ1) is 13.6. The van der Waals surface area contributed by atoms with Crippen LogP contribution in [0.1, 0.15) is 17.3 Å². The quantitative estimate of drug-likeness (QED) is 0.366. The third kappa shape index (κ3) is 4.00. The zero-order valence-corrected chi connectivity index (χ0v) is 16.5. The molecule has 0 radical (unpaired) electrons. The number of thioether (sulfide) groups is 1. The standard InChI is InChI=1S/C19H16N4O3S2/c1-2-26-17(25)11-7-8-14-15(9-11)28-19(22-14)23-16(24)10-27-18-20-12-5-3-4-6-13(12)21-18/h3-9H,2,10H2,1H3,(H,20,21)(H,22,23,24). The number of aromatic amines is 1. The lowest BCUT2D eigenvalue weighted by atomic mass is 10.2. The summed E-state index contributed by atoms with van der Waals surface area (Å²) in [6, 6.07) is 12.9. The smallest absolute Gasteiger partial charge is 0.338 e. The van der Waals surface area contributed by atoms with Crippen molar-refractivity contribution >= 4 is 61.4 Å². The second-order valence-corrected chi connectivity index (χ2v) is 7.81. The molecule has 0 fully saturated rings. The van der Waals surface area contributed by atoms with Gasteiger partial charge < -0.3 is 15.0 Å². The highest BCUT2D eigenvalue weighted by atomic mass is 32.2. The van der Waals surface area contributed by atoms with Crippen LogP contribution in [0.4, 0.5) is 5.13 Å². The molecule has 2 heterocycles. The minimum Gasteiger partial charge on any atom is -0.462 e. The molecule has 2 aromatic heterocycles. The second-order valence-electron chi connectivity index (χ2n) is 5.82. The van der Waals surface area contributed by atoms with E-state index in [2.05, 4.69) is 20.3 Å². The van der Waals surface area contributed by atoms with Crippen molar-refractivity contribution in [2.75, 3.05) is 17.7 Å². The summed E-state index contributed by atoms with van der Waals surface area (Å²) in [4.78, 5) is 36.1. The van der Waals surface area contributed by atoms with Crippen LogP contribution in [0.3, 0.4) is 0 Å². The number of rotatable bonds is 6. The monoisotopic (exact) mass is 412 g/mol. The first-order valence-corrected chi connectivity index (χ1v) is 10.4. The van der Waals surface area contributed by atoms with Gasteiger partial charge in [0.25, 0.3) is 0 Å².